The van der Waals surface area contributed by atoms with Crippen LogP contribution in [0.2, 0.25) is 0 Å². The van der Waals surface area contributed by atoms with Crippen molar-refractivity contribution >= 4 is 11.8 Å². The molecule has 18 heavy (non-hydrogen) atoms. The second-order valence-electron chi connectivity index (χ2n) is 5.89. The van der Waals surface area contributed by atoms with Crippen LogP contribution in [-0.2, 0) is 9.59 Å². The molecule has 0 aliphatic carbocycles. The minimum atomic E-state index is 0.00283. The minimum absolute atomic E-state index is 0.00283. The minimum Gasteiger partial charge on any atom is -0.354 e. The van der Waals surface area contributed by atoms with Crippen molar-refractivity contribution < 1.29 is 9.59 Å². The van der Waals surface area contributed by atoms with Crippen LogP contribution in [0.15, 0.2) is 0 Å². The summed E-state index contributed by atoms with van der Waals surface area (Å²) in [6, 6.07) is 0. The molecule has 0 atom stereocenters. The lowest BCUT2D eigenvalue weighted by Crippen LogP contribution is -2.38. The molecule has 0 aromatic rings. The number of carbonyl (C=O) groups excluding carboxylic acids is 2. The normalized spacial score (nSPS) is 11.4. The zero-order valence-electron chi connectivity index (χ0n) is 12.4. The molecule has 0 heterocycles. The second-order valence-corrected chi connectivity index (χ2v) is 5.89. The molecule has 0 spiro atoms. The summed E-state index contributed by atoms with van der Waals surface area (Å²) in [5.41, 5.74) is 0.00283. The van der Waals surface area contributed by atoms with E-state index >= 15 is 0 Å². The summed E-state index contributed by atoms with van der Waals surface area (Å²) in [6.45, 7) is 11.1. The molecule has 0 radical (unpaired) electrons. The molecule has 0 aliphatic heterocycles. The average molecular weight is 256 g/mol. The summed E-state index contributed by atoms with van der Waals surface area (Å²) < 4.78 is 0. The Hall–Kier alpha value is -1.06. The standard InChI is InChI=1S/C14H28N2O2/c1-6-11(7-2)13(18)16-9-8-15-12(17)10-14(3,4)5/h11H,6-10H2,1-5H3,(H,15,17)(H,16,18). The van der Waals surface area contributed by atoms with Crippen molar-refractivity contribution in [3.8, 4) is 0 Å². The predicted molar refractivity (Wildman–Crippen MR) is 74.2 cm³/mol. The van der Waals surface area contributed by atoms with Crippen LogP contribution in [0.25, 0.3) is 0 Å². The maximum atomic E-state index is 11.7. The smallest absolute Gasteiger partial charge is 0.223 e. The highest BCUT2D eigenvalue weighted by atomic mass is 16.2. The molecule has 0 saturated heterocycles. The molecule has 0 aliphatic rings. The summed E-state index contributed by atoms with van der Waals surface area (Å²) >= 11 is 0. The zero-order chi connectivity index (χ0) is 14.2. The van der Waals surface area contributed by atoms with Crippen molar-refractivity contribution in [3.63, 3.8) is 0 Å². The first kappa shape index (κ1) is 16.9. The van der Waals surface area contributed by atoms with Gasteiger partial charge in [-0.3, -0.25) is 9.59 Å². The predicted octanol–water partition coefficient (Wildman–Crippen LogP) is 2.09. The van der Waals surface area contributed by atoms with Gasteiger partial charge in [0.2, 0.25) is 11.8 Å². The van der Waals surface area contributed by atoms with E-state index in [1.165, 1.54) is 0 Å². The third-order valence-electron chi connectivity index (χ3n) is 2.79. The lowest BCUT2D eigenvalue weighted by molar-refractivity contribution is -0.126. The first-order chi connectivity index (χ1) is 8.30. The van der Waals surface area contributed by atoms with Crippen LogP contribution in [0.5, 0.6) is 0 Å². The fraction of sp³-hybridized carbons (Fsp3) is 0.857. The Bertz CT molecular complexity index is 265. The van der Waals surface area contributed by atoms with Crippen LogP contribution in [0, 0.1) is 11.3 Å². The Morgan fingerprint density at radius 1 is 1.00 bits per heavy atom. The van der Waals surface area contributed by atoms with Gasteiger partial charge >= 0.3 is 0 Å². The fourth-order valence-electron chi connectivity index (χ4n) is 1.74. The maximum absolute atomic E-state index is 11.7. The Morgan fingerprint density at radius 3 is 1.94 bits per heavy atom. The molecule has 106 valence electrons. The van der Waals surface area contributed by atoms with Gasteiger partial charge < -0.3 is 10.6 Å². The van der Waals surface area contributed by atoms with Crippen molar-refractivity contribution in [2.24, 2.45) is 11.3 Å². The number of hydrogen-bond donors (Lipinski definition) is 2. The van der Waals surface area contributed by atoms with Crippen molar-refractivity contribution in [2.75, 3.05) is 13.1 Å². The highest BCUT2D eigenvalue weighted by Crippen LogP contribution is 2.17. The summed E-state index contributed by atoms with van der Waals surface area (Å²) in [7, 11) is 0. The summed E-state index contributed by atoms with van der Waals surface area (Å²) in [4.78, 5) is 23.2. The van der Waals surface area contributed by atoms with Crippen molar-refractivity contribution in [3.05, 3.63) is 0 Å². The van der Waals surface area contributed by atoms with Crippen LogP contribution >= 0.6 is 0 Å². The van der Waals surface area contributed by atoms with Crippen molar-refractivity contribution in [2.45, 2.75) is 53.9 Å². The lowest BCUT2D eigenvalue weighted by Gasteiger charge is -2.17. The lowest BCUT2D eigenvalue weighted by atomic mass is 9.92. The Labute approximate surface area is 111 Å². The van der Waals surface area contributed by atoms with Gasteiger partial charge in [0.25, 0.3) is 0 Å². The van der Waals surface area contributed by atoms with Crippen LogP contribution in [-0.4, -0.2) is 24.9 Å². The number of nitrogens with one attached hydrogen (secondary N) is 2. The van der Waals surface area contributed by atoms with E-state index in [2.05, 4.69) is 10.6 Å². The Kier molecular flexibility index (Phi) is 7.64. The van der Waals surface area contributed by atoms with Crippen LogP contribution in [0.3, 0.4) is 0 Å². The summed E-state index contributed by atoms with van der Waals surface area (Å²) in [6.07, 6.45) is 2.23. The van der Waals surface area contributed by atoms with E-state index in [0.717, 1.165) is 12.8 Å². The maximum Gasteiger partial charge on any atom is 0.223 e. The molecule has 0 bridgehead atoms. The Balaban J connectivity index is 3.74. The van der Waals surface area contributed by atoms with Gasteiger partial charge in [0, 0.05) is 25.4 Å². The molecular formula is C14H28N2O2. The van der Waals surface area contributed by atoms with E-state index in [9.17, 15) is 9.59 Å². The van der Waals surface area contributed by atoms with Gasteiger partial charge in [-0.1, -0.05) is 34.6 Å². The molecule has 0 saturated carbocycles. The first-order valence-corrected chi connectivity index (χ1v) is 6.84. The third kappa shape index (κ3) is 8.09. The van der Waals surface area contributed by atoms with Gasteiger partial charge in [-0.25, -0.2) is 0 Å². The van der Waals surface area contributed by atoms with E-state index < -0.39 is 0 Å². The van der Waals surface area contributed by atoms with Gasteiger partial charge in [0.1, 0.15) is 0 Å². The highest BCUT2D eigenvalue weighted by molar-refractivity contribution is 5.79. The van der Waals surface area contributed by atoms with E-state index in [0.29, 0.717) is 19.5 Å². The topological polar surface area (TPSA) is 58.2 Å². The second kappa shape index (κ2) is 8.11. The van der Waals surface area contributed by atoms with Gasteiger partial charge in [0.05, 0.1) is 0 Å². The molecule has 0 aromatic heterocycles. The summed E-state index contributed by atoms with van der Waals surface area (Å²) in [5.74, 6) is 0.222. The van der Waals surface area contributed by atoms with Gasteiger partial charge in [-0.2, -0.15) is 0 Å². The van der Waals surface area contributed by atoms with Crippen LogP contribution < -0.4 is 10.6 Å². The van der Waals surface area contributed by atoms with E-state index in [-0.39, 0.29) is 23.1 Å². The monoisotopic (exact) mass is 256 g/mol. The third-order valence-corrected chi connectivity index (χ3v) is 2.79. The molecule has 0 fully saturated rings. The van der Waals surface area contributed by atoms with E-state index in [4.69, 9.17) is 0 Å². The Morgan fingerprint density at radius 2 is 1.50 bits per heavy atom. The number of hydrogen-bond acceptors (Lipinski definition) is 2. The SMILES string of the molecule is CCC(CC)C(=O)NCCNC(=O)CC(C)(C)C. The zero-order valence-corrected chi connectivity index (χ0v) is 12.4. The fourth-order valence-corrected chi connectivity index (χ4v) is 1.74. The van der Waals surface area contributed by atoms with Gasteiger partial charge in [-0.15, -0.1) is 0 Å². The number of amides is 2. The average Bonchev–Trinajstić information content (AvgIpc) is 2.23. The molecule has 4 nitrogen and oxygen atoms in total. The molecule has 2 N–H and O–H groups in total. The summed E-state index contributed by atoms with van der Waals surface area (Å²) in [5, 5.41) is 5.66. The molecule has 0 rings (SSSR count). The molecule has 2 amide bonds. The molecule has 0 aromatic carbocycles. The molecular weight excluding hydrogens is 228 g/mol. The first-order valence-electron chi connectivity index (χ1n) is 6.84. The van der Waals surface area contributed by atoms with Crippen molar-refractivity contribution in [1.29, 1.82) is 0 Å². The number of rotatable bonds is 7. The molecule has 4 heteroatoms. The largest absolute Gasteiger partial charge is 0.354 e. The molecule has 0 unspecified atom stereocenters. The van der Waals surface area contributed by atoms with Crippen LogP contribution in [0.4, 0.5) is 0 Å². The van der Waals surface area contributed by atoms with Crippen LogP contribution in [0.1, 0.15) is 53.9 Å². The van der Waals surface area contributed by atoms with Gasteiger partial charge in [-0.05, 0) is 18.3 Å². The van der Waals surface area contributed by atoms with Crippen molar-refractivity contribution in [1.82, 2.24) is 10.6 Å². The number of carbonyl (C=O) groups is 2. The van der Waals surface area contributed by atoms with E-state index in [1.807, 2.05) is 34.6 Å². The van der Waals surface area contributed by atoms with E-state index in [1.54, 1.807) is 0 Å². The highest BCUT2D eigenvalue weighted by Gasteiger charge is 2.16. The van der Waals surface area contributed by atoms with Gasteiger partial charge in [0.15, 0.2) is 0 Å². The quantitative estimate of drug-likeness (QED) is 0.685.